The monoisotopic (exact) mass is 433 g/mol. The Morgan fingerprint density at radius 1 is 1.13 bits per heavy atom. The number of likely N-dealkylation sites (N-methyl/N-ethyl adjacent to an activating group) is 2. The average molecular weight is 434 g/mol. The van der Waals surface area contributed by atoms with Crippen molar-refractivity contribution in [3.05, 3.63) is 65.2 Å². The van der Waals surface area contributed by atoms with E-state index < -0.39 is 11.7 Å². The first-order valence-corrected chi connectivity index (χ1v) is 10.9. The Kier molecular flexibility index (Phi) is 6.55. The minimum Gasteiger partial charge on any atom is -0.378 e. The standard InChI is InChI=1S/C24H30F3N3O/c1-28-12-13-30(2)15-18-9-10-19-22(16-6-4-3-5-7-16)29-21-11-8-17(24(25,26)27)14-20(21)23(19)31-18/h3-8,11,14,18-19,22-23,28-29H,9-10,12-13,15H2,1-2H3/t18-,19+,22+,23+/m1/s1. The first-order valence-electron chi connectivity index (χ1n) is 10.9. The molecule has 2 aliphatic rings. The predicted molar refractivity (Wildman–Crippen MR) is 116 cm³/mol. The first kappa shape index (κ1) is 22.1. The van der Waals surface area contributed by atoms with Crippen LogP contribution in [0, 0.1) is 5.92 Å². The number of anilines is 1. The van der Waals surface area contributed by atoms with Gasteiger partial charge in [0.25, 0.3) is 0 Å². The molecule has 4 rings (SSSR count). The van der Waals surface area contributed by atoms with Gasteiger partial charge in [0, 0.05) is 36.8 Å². The molecule has 0 amide bonds. The largest absolute Gasteiger partial charge is 0.416 e. The molecular weight excluding hydrogens is 403 g/mol. The van der Waals surface area contributed by atoms with Gasteiger partial charge < -0.3 is 20.3 Å². The van der Waals surface area contributed by atoms with Gasteiger partial charge in [-0.3, -0.25) is 0 Å². The number of hydrogen-bond acceptors (Lipinski definition) is 4. The van der Waals surface area contributed by atoms with Crippen molar-refractivity contribution in [3.8, 4) is 0 Å². The van der Waals surface area contributed by atoms with Gasteiger partial charge in [-0.2, -0.15) is 13.2 Å². The molecule has 1 fully saturated rings. The quantitative estimate of drug-likeness (QED) is 0.682. The molecular formula is C24H30F3N3O. The Hall–Kier alpha value is -2.09. The highest BCUT2D eigenvalue weighted by Gasteiger charge is 2.43. The number of fused-ring (bicyclic) bond motifs is 3. The molecule has 2 N–H and O–H groups in total. The third-order valence-electron chi connectivity index (χ3n) is 6.39. The highest BCUT2D eigenvalue weighted by Crippen LogP contribution is 2.51. The summed E-state index contributed by atoms with van der Waals surface area (Å²) in [6.07, 6.45) is -2.94. The molecule has 31 heavy (non-hydrogen) atoms. The topological polar surface area (TPSA) is 36.5 Å². The summed E-state index contributed by atoms with van der Waals surface area (Å²) in [5, 5.41) is 6.65. The van der Waals surface area contributed by atoms with E-state index in [2.05, 4.69) is 34.7 Å². The minimum absolute atomic E-state index is 0.0000207. The van der Waals surface area contributed by atoms with E-state index in [0.29, 0.717) is 5.56 Å². The van der Waals surface area contributed by atoms with Crippen molar-refractivity contribution in [2.24, 2.45) is 5.92 Å². The van der Waals surface area contributed by atoms with Gasteiger partial charge in [0.1, 0.15) is 0 Å². The fraction of sp³-hybridized carbons (Fsp3) is 0.500. The van der Waals surface area contributed by atoms with Crippen LogP contribution in [0.15, 0.2) is 48.5 Å². The van der Waals surface area contributed by atoms with Gasteiger partial charge in [-0.15, -0.1) is 0 Å². The maximum Gasteiger partial charge on any atom is 0.416 e. The highest BCUT2D eigenvalue weighted by molar-refractivity contribution is 5.58. The Morgan fingerprint density at radius 2 is 1.90 bits per heavy atom. The number of nitrogens with one attached hydrogen (secondary N) is 2. The van der Waals surface area contributed by atoms with E-state index in [4.69, 9.17) is 4.74 Å². The zero-order chi connectivity index (χ0) is 22.0. The Morgan fingerprint density at radius 3 is 2.61 bits per heavy atom. The van der Waals surface area contributed by atoms with Crippen molar-refractivity contribution in [2.75, 3.05) is 39.0 Å². The molecule has 7 heteroatoms. The second-order valence-corrected chi connectivity index (χ2v) is 8.62. The number of halogens is 3. The van der Waals surface area contributed by atoms with E-state index in [1.54, 1.807) is 6.07 Å². The summed E-state index contributed by atoms with van der Waals surface area (Å²) in [6.45, 7) is 2.54. The lowest BCUT2D eigenvalue weighted by molar-refractivity contribution is -0.138. The molecule has 0 aromatic heterocycles. The molecule has 0 radical (unpaired) electrons. The van der Waals surface area contributed by atoms with E-state index >= 15 is 0 Å². The van der Waals surface area contributed by atoms with Gasteiger partial charge in [0.2, 0.25) is 0 Å². The molecule has 0 saturated carbocycles. The van der Waals surface area contributed by atoms with Crippen LogP contribution >= 0.6 is 0 Å². The predicted octanol–water partition coefficient (Wildman–Crippen LogP) is 4.86. The maximum absolute atomic E-state index is 13.4. The SMILES string of the molecule is CNCCN(C)C[C@H]1CC[C@@H]2[C@H](O1)c1cc(C(F)(F)F)ccc1N[C@H]2c1ccccc1. The molecule has 0 bridgehead atoms. The van der Waals surface area contributed by atoms with E-state index in [1.165, 1.54) is 6.07 Å². The van der Waals surface area contributed by atoms with Gasteiger partial charge in [-0.05, 0) is 50.7 Å². The number of alkyl halides is 3. The van der Waals surface area contributed by atoms with Gasteiger partial charge in [-0.25, -0.2) is 0 Å². The van der Waals surface area contributed by atoms with Crippen LogP contribution in [-0.2, 0) is 10.9 Å². The summed E-state index contributed by atoms with van der Waals surface area (Å²) in [5.74, 6) is 0.0808. The van der Waals surface area contributed by atoms with Crippen LogP contribution in [-0.4, -0.2) is 44.7 Å². The Balaban J connectivity index is 1.64. The number of ether oxygens (including phenoxy) is 1. The summed E-state index contributed by atoms with van der Waals surface area (Å²) >= 11 is 0. The van der Waals surface area contributed by atoms with Crippen molar-refractivity contribution in [1.82, 2.24) is 10.2 Å². The second kappa shape index (κ2) is 9.18. The minimum atomic E-state index is -4.37. The third kappa shape index (κ3) is 4.89. The van der Waals surface area contributed by atoms with Crippen LogP contribution in [0.2, 0.25) is 0 Å². The van der Waals surface area contributed by atoms with Crippen molar-refractivity contribution in [1.29, 1.82) is 0 Å². The molecule has 2 aromatic rings. The smallest absolute Gasteiger partial charge is 0.378 e. The molecule has 2 aromatic carbocycles. The summed E-state index contributed by atoms with van der Waals surface area (Å²) < 4.78 is 46.8. The fourth-order valence-corrected chi connectivity index (χ4v) is 4.80. The molecule has 4 nitrogen and oxygen atoms in total. The molecule has 0 aliphatic carbocycles. The van der Waals surface area contributed by atoms with E-state index in [-0.39, 0.29) is 24.2 Å². The number of nitrogens with zero attached hydrogens (tertiary/aromatic N) is 1. The van der Waals surface area contributed by atoms with E-state index in [1.807, 2.05) is 25.2 Å². The lowest BCUT2D eigenvalue weighted by Gasteiger charge is -2.46. The zero-order valence-electron chi connectivity index (χ0n) is 18.0. The van der Waals surface area contributed by atoms with Gasteiger partial charge in [0.15, 0.2) is 0 Å². The van der Waals surface area contributed by atoms with Crippen molar-refractivity contribution in [2.45, 2.75) is 37.3 Å². The van der Waals surface area contributed by atoms with Crippen molar-refractivity contribution in [3.63, 3.8) is 0 Å². The lowest BCUT2D eigenvalue weighted by atomic mass is 9.76. The zero-order valence-corrected chi connectivity index (χ0v) is 18.0. The van der Waals surface area contributed by atoms with Crippen LogP contribution in [0.5, 0.6) is 0 Å². The number of rotatable bonds is 6. The van der Waals surface area contributed by atoms with Crippen LogP contribution in [0.4, 0.5) is 18.9 Å². The maximum atomic E-state index is 13.4. The average Bonchev–Trinajstić information content (AvgIpc) is 2.76. The van der Waals surface area contributed by atoms with Crippen LogP contribution in [0.25, 0.3) is 0 Å². The second-order valence-electron chi connectivity index (χ2n) is 8.62. The van der Waals surface area contributed by atoms with Gasteiger partial charge in [-0.1, -0.05) is 30.3 Å². The van der Waals surface area contributed by atoms with Crippen LogP contribution in [0.3, 0.4) is 0 Å². The molecule has 1 saturated heterocycles. The summed E-state index contributed by atoms with van der Waals surface area (Å²) in [7, 11) is 3.97. The Labute approximate surface area is 181 Å². The third-order valence-corrected chi connectivity index (χ3v) is 6.39. The number of benzene rings is 2. The van der Waals surface area contributed by atoms with Gasteiger partial charge in [0.05, 0.1) is 23.8 Å². The van der Waals surface area contributed by atoms with Gasteiger partial charge >= 0.3 is 6.18 Å². The Bertz CT molecular complexity index is 874. The first-order chi connectivity index (χ1) is 14.9. The molecule has 0 spiro atoms. The molecule has 2 heterocycles. The highest BCUT2D eigenvalue weighted by atomic mass is 19.4. The van der Waals surface area contributed by atoms with Crippen LogP contribution in [0.1, 0.15) is 41.7 Å². The van der Waals surface area contributed by atoms with E-state index in [9.17, 15) is 13.2 Å². The fourth-order valence-electron chi connectivity index (χ4n) is 4.80. The normalized spacial score (nSPS) is 25.6. The van der Waals surface area contributed by atoms with Crippen molar-refractivity contribution >= 4 is 5.69 Å². The number of hydrogen-bond donors (Lipinski definition) is 2. The van der Waals surface area contributed by atoms with Crippen LogP contribution < -0.4 is 10.6 Å². The molecule has 168 valence electrons. The molecule has 0 unspecified atom stereocenters. The summed E-state index contributed by atoms with van der Waals surface area (Å²) in [5.41, 5.74) is 1.86. The van der Waals surface area contributed by atoms with E-state index in [0.717, 1.165) is 49.8 Å². The summed E-state index contributed by atoms with van der Waals surface area (Å²) in [4.78, 5) is 2.21. The van der Waals surface area contributed by atoms with Crippen molar-refractivity contribution < 1.29 is 17.9 Å². The summed E-state index contributed by atoms with van der Waals surface area (Å²) in [6, 6.07) is 14.1. The molecule has 2 aliphatic heterocycles. The lowest BCUT2D eigenvalue weighted by Crippen LogP contribution is -2.43. The molecule has 4 atom stereocenters.